The minimum Gasteiger partial charge on any atom is -0.480 e. The van der Waals surface area contributed by atoms with Crippen LogP contribution in [0.1, 0.15) is 44.1 Å². The molecule has 0 unspecified atom stereocenters. The first kappa shape index (κ1) is 16.7. The third-order valence-electron chi connectivity index (χ3n) is 3.80. The van der Waals surface area contributed by atoms with E-state index in [2.05, 4.69) is 4.72 Å². The van der Waals surface area contributed by atoms with Gasteiger partial charge in [-0.3, -0.25) is 4.79 Å². The van der Waals surface area contributed by atoms with E-state index in [1.54, 1.807) is 6.92 Å². The average molecular weight is 352 g/mol. The molecule has 1 aromatic heterocycles. The molecule has 0 aromatic carbocycles. The zero-order valence-electron chi connectivity index (χ0n) is 11.7. The van der Waals surface area contributed by atoms with Gasteiger partial charge < -0.3 is 5.11 Å². The summed E-state index contributed by atoms with van der Waals surface area (Å²) >= 11 is 6.86. The quantitative estimate of drug-likeness (QED) is 0.816. The minimum atomic E-state index is -3.88. The Morgan fingerprint density at radius 3 is 2.33 bits per heavy atom. The molecule has 2 N–H and O–H groups in total. The van der Waals surface area contributed by atoms with Crippen LogP contribution in [-0.4, -0.2) is 25.0 Å². The number of thiophene rings is 1. The van der Waals surface area contributed by atoms with Gasteiger partial charge in [0.15, 0.2) is 0 Å². The van der Waals surface area contributed by atoms with Gasteiger partial charge in [-0.25, -0.2) is 8.42 Å². The van der Waals surface area contributed by atoms with Gasteiger partial charge in [-0.15, -0.1) is 11.3 Å². The van der Waals surface area contributed by atoms with Crippen molar-refractivity contribution in [2.45, 2.75) is 55.2 Å². The van der Waals surface area contributed by atoms with E-state index in [1.807, 2.05) is 0 Å². The molecule has 118 valence electrons. The molecule has 0 amide bonds. The molecule has 8 heteroatoms. The normalized spacial score (nSPS) is 19.1. The lowest BCUT2D eigenvalue weighted by Crippen LogP contribution is -2.53. The van der Waals surface area contributed by atoms with Crippen molar-refractivity contribution >= 4 is 38.9 Å². The second-order valence-corrected chi connectivity index (χ2v) is 8.99. The second-order valence-electron chi connectivity index (χ2n) is 5.43. The number of hydrogen-bond acceptors (Lipinski definition) is 4. The van der Waals surface area contributed by atoms with Crippen LogP contribution in [0.4, 0.5) is 0 Å². The first-order valence-electron chi connectivity index (χ1n) is 6.80. The van der Waals surface area contributed by atoms with Crippen molar-refractivity contribution in [3.8, 4) is 0 Å². The minimum absolute atomic E-state index is 0.0647. The number of halogens is 1. The van der Waals surface area contributed by atoms with Crippen LogP contribution in [0.3, 0.4) is 0 Å². The summed E-state index contributed by atoms with van der Waals surface area (Å²) in [5.41, 5.74) is -0.730. The van der Waals surface area contributed by atoms with Crippen molar-refractivity contribution in [3.63, 3.8) is 0 Å². The fourth-order valence-electron chi connectivity index (χ4n) is 2.56. The number of carboxylic acids is 1. The number of aryl methyl sites for hydroxylation is 1. The van der Waals surface area contributed by atoms with Gasteiger partial charge in [-0.05, 0) is 31.4 Å². The third kappa shape index (κ3) is 3.59. The van der Waals surface area contributed by atoms with Crippen LogP contribution >= 0.6 is 22.9 Å². The predicted molar refractivity (Wildman–Crippen MR) is 82.5 cm³/mol. The second kappa shape index (κ2) is 6.24. The Labute approximate surface area is 133 Å². The Hall–Kier alpha value is -0.630. The molecule has 1 heterocycles. The van der Waals surface area contributed by atoms with Crippen LogP contribution in [0.5, 0.6) is 0 Å². The maximum absolute atomic E-state index is 12.5. The maximum atomic E-state index is 12.5. The zero-order chi connectivity index (χ0) is 15.7. The highest BCUT2D eigenvalue weighted by Gasteiger charge is 2.42. The summed E-state index contributed by atoms with van der Waals surface area (Å²) in [4.78, 5) is 11.7. The molecule has 21 heavy (non-hydrogen) atoms. The number of carbonyl (C=O) groups is 1. The number of aliphatic carboxylic acids is 1. The summed E-state index contributed by atoms with van der Waals surface area (Å²) in [6, 6.07) is 1.47. The van der Waals surface area contributed by atoms with Gasteiger partial charge in [0.1, 0.15) is 9.75 Å². The highest BCUT2D eigenvalue weighted by atomic mass is 35.5. The smallest absolute Gasteiger partial charge is 0.324 e. The number of sulfonamides is 1. The number of nitrogens with one attached hydrogen (secondary N) is 1. The molecule has 1 aromatic rings. The lowest BCUT2D eigenvalue weighted by atomic mass is 9.92. The van der Waals surface area contributed by atoms with E-state index in [9.17, 15) is 18.3 Å². The van der Waals surface area contributed by atoms with Gasteiger partial charge in [0.25, 0.3) is 10.0 Å². The predicted octanol–water partition coefficient (Wildman–Crippen LogP) is 3.17. The molecular formula is C13H18ClNO4S2. The Morgan fingerprint density at radius 2 is 1.90 bits per heavy atom. The summed E-state index contributed by atoms with van der Waals surface area (Å²) in [6.07, 6.45) is 3.92. The Morgan fingerprint density at radius 1 is 1.33 bits per heavy atom. The first-order chi connectivity index (χ1) is 9.77. The Balaban J connectivity index is 2.33. The van der Waals surface area contributed by atoms with Gasteiger partial charge in [-0.2, -0.15) is 4.72 Å². The van der Waals surface area contributed by atoms with Crippen molar-refractivity contribution in [1.82, 2.24) is 4.72 Å². The summed E-state index contributed by atoms with van der Waals surface area (Å²) in [5, 5.41) is 9.53. The average Bonchev–Trinajstić information content (AvgIpc) is 2.62. The van der Waals surface area contributed by atoms with Crippen LogP contribution in [0.25, 0.3) is 0 Å². The zero-order valence-corrected chi connectivity index (χ0v) is 14.1. The van der Waals surface area contributed by atoms with E-state index in [0.717, 1.165) is 24.2 Å². The van der Waals surface area contributed by atoms with E-state index in [4.69, 9.17) is 11.6 Å². The van der Waals surface area contributed by atoms with Gasteiger partial charge >= 0.3 is 5.97 Å². The fraction of sp³-hybridized carbons (Fsp3) is 0.615. The SMILES string of the molecule is Cc1cc(S(=O)(=O)NC2(C(=O)O)CCCCCC2)sc1Cl. The lowest BCUT2D eigenvalue weighted by Gasteiger charge is -2.28. The molecule has 0 radical (unpaired) electrons. The van der Waals surface area contributed by atoms with Crippen LogP contribution in [0, 0.1) is 6.92 Å². The highest BCUT2D eigenvalue weighted by Crippen LogP contribution is 2.33. The van der Waals surface area contributed by atoms with Crippen molar-refractivity contribution in [2.75, 3.05) is 0 Å². The highest BCUT2D eigenvalue weighted by molar-refractivity contribution is 7.91. The lowest BCUT2D eigenvalue weighted by molar-refractivity contribution is -0.144. The van der Waals surface area contributed by atoms with Crippen molar-refractivity contribution in [3.05, 3.63) is 16.0 Å². The topological polar surface area (TPSA) is 83.5 Å². The summed E-state index contributed by atoms with van der Waals surface area (Å²) < 4.78 is 27.8. The van der Waals surface area contributed by atoms with Crippen molar-refractivity contribution in [2.24, 2.45) is 0 Å². The van der Waals surface area contributed by atoms with Crippen molar-refractivity contribution in [1.29, 1.82) is 0 Å². The molecule has 1 aliphatic rings. The summed E-state index contributed by atoms with van der Waals surface area (Å²) in [5.74, 6) is -1.10. The van der Waals surface area contributed by atoms with E-state index in [0.29, 0.717) is 35.6 Å². The summed E-state index contributed by atoms with van der Waals surface area (Å²) in [7, 11) is -3.88. The molecule has 0 aliphatic heterocycles. The molecule has 2 rings (SSSR count). The van der Waals surface area contributed by atoms with Gasteiger partial charge in [0.05, 0.1) is 4.34 Å². The van der Waals surface area contributed by atoms with Gasteiger partial charge in [0.2, 0.25) is 0 Å². The van der Waals surface area contributed by atoms with E-state index < -0.39 is 21.5 Å². The summed E-state index contributed by atoms with van der Waals surface area (Å²) in [6.45, 7) is 1.72. The van der Waals surface area contributed by atoms with Crippen LogP contribution in [0.15, 0.2) is 10.3 Å². The van der Waals surface area contributed by atoms with Crippen LogP contribution in [-0.2, 0) is 14.8 Å². The van der Waals surface area contributed by atoms with Crippen LogP contribution in [0.2, 0.25) is 4.34 Å². The molecule has 1 fully saturated rings. The molecule has 0 spiro atoms. The number of carboxylic acid groups (broad SMARTS) is 1. The molecule has 0 bridgehead atoms. The molecule has 1 aliphatic carbocycles. The molecule has 0 atom stereocenters. The molecule has 1 saturated carbocycles. The molecule has 0 saturated heterocycles. The van der Waals surface area contributed by atoms with Crippen LogP contribution < -0.4 is 4.72 Å². The van der Waals surface area contributed by atoms with Crippen molar-refractivity contribution < 1.29 is 18.3 Å². The van der Waals surface area contributed by atoms with E-state index in [1.165, 1.54) is 6.07 Å². The van der Waals surface area contributed by atoms with E-state index >= 15 is 0 Å². The number of rotatable bonds is 4. The van der Waals surface area contributed by atoms with E-state index in [-0.39, 0.29) is 4.21 Å². The number of hydrogen-bond donors (Lipinski definition) is 2. The van der Waals surface area contributed by atoms with Gasteiger partial charge in [-0.1, -0.05) is 37.3 Å². The Bertz CT molecular complexity index is 611. The maximum Gasteiger partial charge on any atom is 0.324 e. The molecular weight excluding hydrogens is 334 g/mol. The largest absolute Gasteiger partial charge is 0.480 e. The van der Waals surface area contributed by atoms with Gasteiger partial charge in [0, 0.05) is 0 Å². The first-order valence-corrected chi connectivity index (χ1v) is 9.48. The third-order valence-corrected chi connectivity index (χ3v) is 7.36. The molecule has 5 nitrogen and oxygen atoms in total. The fourth-order valence-corrected chi connectivity index (χ4v) is 5.69. The standard InChI is InChI=1S/C13H18ClNO4S2/c1-9-8-10(20-11(9)14)21(18,19)15-13(12(16)17)6-4-2-3-5-7-13/h8,15H,2-7H2,1H3,(H,16,17). The monoisotopic (exact) mass is 351 g/mol. The Kier molecular flexibility index (Phi) is 4.97.